The minimum Gasteiger partial charge on any atom is -0.383 e. The highest BCUT2D eigenvalue weighted by atomic mass is 127. The summed E-state index contributed by atoms with van der Waals surface area (Å²) in [4.78, 5) is 11.5. The molecular weight excluding hydrogens is 331 g/mol. The van der Waals surface area contributed by atoms with Crippen LogP contribution >= 0.6 is 22.6 Å². The molecular formula is C12H17IN2O2. The van der Waals surface area contributed by atoms with Gasteiger partial charge in [-0.05, 0) is 47.2 Å². The highest BCUT2D eigenvalue weighted by Crippen LogP contribution is 2.19. The summed E-state index contributed by atoms with van der Waals surface area (Å²) >= 11 is 2.28. The van der Waals surface area contributed by atoms with Gasteiger partial charge in [0.2, 0.25) is 5.91 Å². The quantitative estimate of drug-likeness (QED) is 0.609. The number of carbonyl (C=O) groups excluding carboxylic acids is 1. The van der Waals surface area contributed by atoms with Crippen LogP contribution in [0, 0.1) is 10.5 Å². The Bertz CT molecular complexity index is 383. The van der Waals surface area contributed by atoms with Crippen LogP contribution in [-0.2, 0) is 9.53 Å². The van der Waals surface area contributed by atoms with Gasteiger partial charge in [-0.1, -0.05) is 6.07 Å². The van der Waals surface area contributed by atoms with Crippen LogP contribution in [0.4, 0.5) is 5.69 Å². The topological polar surface area (TPSA) is 50.4 Å². The molecule has 2 N–H and O–H groups in total. The number of hydrogen-bond donors (Lipinski definition) is 2. The van der Waals surface area contributed by atoms with Crippen molar-refractivity contribution in [3.63, 3.8) is 0 Å². The minimum atomic E-state index is -0.0275. The van der Waals surface area contributed by atoms with Gasteiger partial charge in [-0.25, -0.2) is 0 Å². The van der Waals surface area contributed by atoms with Gasteiger partial charge in [0.15, 0.2) is 0 Å². The van der Waals surface area contributed by atoms with Crippen molar-refractivity contribution in [2.45, 2.75) is 6.92 Å². The number of anilines is 1. The Labute approximate surface area is 115 Å². The van der Waals surface area contributed by atoms with Crippen molar-refractivity contribution < 1.29 is 9.53 Å². The molecule has 0 aliphatic heterocycles. The zero-order chi connectivity index (χ0) is 12.7. The third-order valence-corrected chi connectivity index (χ3v) is 3.50. The molecule has 0 bridgehead atoms. The van der Waals surface area contributed by atoms with Gasteiger partial charge < -0.3 is 15.4 Å². The van der Waals surface area contributed by atoms with Gasteiger partial charge in [-0.2, -0.15) is 0 Å². The van der Waals surface area contributed by atoms with Crippen molar-refractivity contribution in [2.75, 3.05) is 32.1 Å². The van der Waals surface area contributed by atoms with Crippen LogP contribution in [0.15, 0.2) is 18.2 Å². The van der Waals surface area contributed by atoms with E-state index in [0.29, 0.717) is 13.2 Å². The predicted octanol–water partition coefficient (Wildman–Crippen LogP) is 1.77. The average molecular weight is 348 g/mol. The first-order chi connectivity index (χ1) is 8.15. The Kier molecular flexibility index (Phi) is 6.28. The molecule has 0 atom stereocenters. The number of benzene rings is 1. The molecule has 0 fully saturated rings. The normalized spacial score (nSPS) is 10.1. The van der Waals surface area contributed by atoms with Crippen LogP contribution in [0.1, 0.15) is 5.56 Å². The summed E-state index contributed by atoms with van der Waals surface area (Å²) < 4.78 is 6.04. The molecule has 1 aromatic rings. The molecule has 0 radical (unpaired) electrons. The summed E-state index contributed by atoms with van der Waals surface area (Å²) in [7, 11) is 1.61. The number of nitrogens with one attached hydrogen (secondary N) is 2. The van der Waals surface area contributed by atoms with Crippen molar-refractivity contribution in [3.8, 4) is 0 Å². The van der Waals surface area contributed by atoms with Gasteiger partial charge in [0, 0.05) is 22.9 Å². The fourth-order valence-corrected chi connectivity index (χ4v) is 1.83. The summed E-state index contributed by atoms with van der Waals surface area (Å²) in [6.45, 7) is 3.40. The lowest BCUT2D eigenvalue weighted by atomic mass is 10.2. The molecule has 0 heterocycles. The van der Waals surface area contributed by atoms with Gasteiger partial charge >= 0.3 is 0 Å². The van der Waals surface area contributed by atoms with Gasteiger partial charge in [0.1, 0.15) is 0 Å². The first kappa shape index (κ1) is 14.2. The second-order valence-electron chi connectivity index (χ2n) is 3.61. The molecule has 1 aromatic carbocycles. The second kappa shape index (κ2) is 7.50. The number of ether oxygens (including phenoxy) is 1. The molecule has 0 aliphatic carbocycles. The van der Waals surface area contributed by atoms with E-state index in [4.69, 9.17) is 4.74 Å². The van der Waals surface area contributed by atoms with E-state index >= 15 is 0 Å². The Morgan fingerprint density at radius 3 is 2.94 bits per heavy atom. The molecule has 0 saturated heterocycles. The maximum atomic E-state index is 11.5. The zero-order valence-electron chi connectivity index (χ0n) is 10.0. The highest BCUT2D eigenvalue weighted by Gasteiger charge is 2.03. The van der Waals surface area contributed by atoms with Crippen LogP contribution in [0.5, 0.6) is 0 Å². The number of amides is 1. The molecule has 1 rings (SSSR count). The van der Waals surface area contributed by atoms with Crippen LogP contribution < -0.4 is 10.6 Å². The van der Waals surface area contributed by atoms with E-state index in [1.165, 1.54) is 3.57 Å². The van der Waals surface area contributed by atoms with Crippen molar-refractivity contribution >= 4 is 34.2 Å². The first-order valence-corrected chi connectivity index (χ1v) is 6.47. The zero-order valence-corrected chi connectivity index (χ0v) is 12.2. The van der Waals surface area contributed by atoms with Crippen LogP contribution in [0.25, 0.3) is 0 Å². The number of methoxy groups -OCH3 is 1. The first-order valence-electron chi connectivity index (χ1n) is 5.39. The maximum Gasteiger partial charge on any atom is 0.239 e. The largest absolute Gasteiger partial charge is 0.383 e. The standard InChI is InChI=1S/C12H17IN2O2/c1-9-10(13)4-3-5-11(9)15-8-12(16)14-6-7-17-2/h3-5,15H,6-8H2,1-2H3,(H,14,16). The van der Waals surface area contributed by atoms with E-state index in [2.05, 4.69) is 33.2 Å². The number of hydrogen-bond acceptors (Lipinski definition) is 3. The molecule has 0 spiro atoms. The molecule has 5 heteroatoms. The lowest BCUT2D eigenvalue weighted by molar-refractivity contribution is -0.119. The Morgan fingerprint density at radius 1 is 1.47 bits per heavy atom. The Morgan fingerprint density at radius 2 is 2.24 bits per heavy atom. The second-order valence-corrected chi connectivity index (χ2v) is 4.77. The van der Waals surface area contributed by atoms with E-state index in [1.807, 2.05) is 25.1 Å². The summed E-state index contributed by atoms with van der Waals surface area (Å²) in [5, 5.41) is 5.88. The smallest absolute Gasteiger partial charge is 0.239 e. The SMILES string of the molecule is COCCNC(=O)CNc1cccc(I)c1C. The molecule has 0 aromatic heterocycles. The maximum absolute atomic E-state index is 11.5. The molecule has 0 aliphatic rings. The lowest BCUT2D eigenvalue weighted by Crippen LogP contribution is -2.32. The number of carbonyl (C=O) groups is 1. The average Bonchev–Trinajstić information content (AvgIpc) is 2.31. The van der Waals surface area contributed by atoms with Crippen molar-refractivity contribution in [1.29, 1.82) is 0 Å². The van der Waals surface area contributed by atoms with E-state index in [-0.39, 0.29) is 12.5 Å². The Hall–Kier alpha value is -0.820. The van der Waals surface area contributed by atoms with Crippen LogP contribution in [-0.4, -0.2) is 32.7 Å². The fraction of sp³-hybridized carbons (Fsp3) is 0.417. The minimum absolute atomic E-state index is 0.0275. The van der Waals surface area contributed by atoms with Gasteiger partial charge in [-0.15, -0.1) is 0 Å². The number of rotatable bonds is 6. The predicted molar refractivity (Wildman–Crippen MR) is 77.3 cm³/mol. The van der Waals surface area contributed by atoms with Gasteiger partial charge in [0.25, 0.3) is 0 Å². The fourth-order valence-electron chi connectivity index (χ4n) is 1.33. The third kappa shape index (κ3) is 4.91. The monoisotopic (exact) mass is 348 g/mol. The van der Waals surface area contributed by atoms with E-state index in [9.17, 15) is 4.79 Å². The summed E-state index contributed by atoms with van der Waals surface area (Å²) in [6.07, 6.45) is 0. The van der Waals surface area contributed by atoms with Crippen LogP contribution in [0.3, 0.4) is 0 Å². The van der Waals surface area contributed by atoms with Gasteiger partial charge in [0.05, 0.1) is 13.2 Å². The van der Waals surface area contributed by atoms with Crippen molar-refractivity contribution in [2.24, 2.45) is 0 Å². The van der Waals surface area contributed by atoms with E-state index in [1.54, 1.807) is 7.11 Å². The summed E-state index contributed by atoms with van der Waals surface area (Å²) in [5.74, 6) is -0.0275. The molecule has 0 unspecified atom stereocenters. The van der Waals surface area contributed by atoms with E-state index < -0.39 is 0 Å². The number of halogens is 1. The molecule has 4 nitrogen and oxygen atoms in total. The highest BCUT2D eigenvalue weighted by molar-refractivity contribution is 14.1. The van der Waals surface area contributed by atoms with Crippen molar-refractivity contribution in [1.82, 2.24) is 5.32 Å². The third-order valence-electron chi connectivity index (χ3n) is 2.34. The lowest BCUT2D eigenvalue weighted by Gasteiger charge is -2.10. The summed E-state index contributed by atoms with van der Waals surface area (Å²) in [5.41, 5.74) is 2.16. The van der Waals surface area contributed by atoms with Crippen LogP contribution in [0.2, 0.25) is 0 Å². The molecule has 17 heavy (non-hydrogen) atoms. The molecule has 94 valence electrons. The molecule has 1 amide bonds. The van der Waals surface area contributed by atoms with Crippen molar-refractivity contribution in [3.05, 3.63) is 27.3 Å². The van der Waals surface area contributed by atoms with E-state index in [0.717, 1.165) is 11.3 Å². The molecule has 0 saturated carbocycles. The Balaban J connectivity index is 2.39. The van der Waals surface area contributed by atoms with Gasteiger partial charge in [-0.3, -0.25) is 4.79 Å². The summed E-state index contributed by atoms with van der Waals surface area (Å²) in [6, 6.07) is 5.99.